The molecule has 17 heavy (non-hydrogen) atoms. The van der Waals surface area contributed by atoms with Crippen molar-refractivity contribution in [1.29, 1.82) is 0 Å². The molecular weight excluding hydrogens is 217 g/mol. The van der Waals surface area contributed by atoms with Gasteiger partial charge in [-0.15, -0.1) is 0 Å². The standard InChI is InChI=1S/C14H18FNO/c1-17-12-7-8-13(15)14(9-12)16-10-11-5-3-2-4-6-11/h2-3,7-9,11,16H,4-6,10H2,1H3. The number of benzene rings is 1. The van der Waals surface area contributed by atoms with Crippen LogP contribution in [-0.2, 0) is 0 Å². The molecule has 0 fully saturated rings. The van der Waals surface area contributed by atoms with Crippen molar-refractivity contribution in [3.05, 3.63) is 36.2 Å². The van der Waals surface area contributed by atoms with Crippen LogP contribution in [0.1, 0.15) is 19.3 Å². The topological polar surface area (TPSA) is 21.3 Å². The predicted molar refractivity (Wildman–Crippen MR) is 67.9 cm³/mol. The smallest absolute Gasteiger partial charge is 0.146 e. The molecule has 0 aliphatic heterocycles. The van der Waals surface area contributed by atoms with Gasteiger partial charge in [0.25, 0.3) is 0 Å². The normalized spacial score (nSPS) is 19.1. The second-order valence-corrected chi connectivity index (χ2v) is 4.38. The second kappa shape index (κ2) is 5.71. The summed E-state index contributed by atoms with van der Waals surface area (Å²) in [4.78, 5) is 0. The van der Waals surface area contributed by atoms with Gasteiger partial charge >= 0.3 is 0 Å². The number of hydrogen-bond donors (Lipinski definition) is 1. The first-order valence-corrected chi connectivity index (χ1v) is 6.02. The minimum Gasteiger partial charge on any atom is -0.497 e. The molecule has 1 atom stereocenters. The average molecular weight is 235 g/mol. The lowest BCUT2D eigenvalue weighted by molar-refractivity contribution is 0.414. The van der Waals surface area contributed by atoms with Gasteiger partial charge in [0.05, 0.1) is 12.8 Å². The zero-order valence-corrected chi connectivity index (χ0v) is 10.1. The summed E-state index contributed by atoms with van der Waals surface area (Å²) >= 11 is 0. The third-order valence-corrected chi connectivity index (χ3v) is 3.13. The molecule has 1 unspecified atom stereocenters. The van der Waals surface area contributed by atoms with Gasteiger partial charge in [-0.05, 0) is 37.3 Å². The molecule has 0 heterocycles. The van der Waals surface area contributed by atoms with Crippen molar-refractivity contribution in [3.8, 4) is 5.75 Å². The lowest BCUT2D eigenvalue weighted by Crippen LogP contribution is -2.16. The van der Waals surface area contributed by atoms with Crippen molar-refractivity contribution in [2.75, 3.05) is 19.0 Å². The Hall–Kier alpha value is -1.51. The summed E-state index contributed by atoms with van der Waals surface area (Å²) in [6.45, 7) is 0.814. The van der Waals surface area contributed by atoms with Crippen molar-refractivity contribution in [3.63, 3.8) is 0 Å². The quantitative estimate of drug-likeness (QED) is 0.805. The van der Waals surface area contributed by atoms with Crippen LogP contribution >= 0.6 is 0 Å². The lowest BCUT2D eigenvalue weighted by Gasteiger charge is -2.19. The summed E-state index contributed by atoms with van der Waals surface area (Å²) in [5.74, 6) is 1.06. The van der Waals surface area contributed by atoms with Crippen molar-refractivity contribution in [2.45, 2.75) is 19.3 Å². The molecule has 0 saturated heterocycles. The van der Waals surface area contributed by atoms with E-state index in [0.29, 0.717) is 17.4 Å². The van der Waals surface area contributed by atoms with Crippen LogP contribution in [0.15, 0.2) is 30.4 Å². The fraction of sp³-hybridized carbons (Fsp3) is 0.429. The van der Waals surface area contributed by atoms with Gasteiger partial charge in [0.15, 0.2) is 0 Å². The molecule has 0 amide bonds. The van der Waals surface area contributed by atoms with Crippen LogP contribution in [-0.4, -0.2) is 13.7 Å². The fourth-order valence-corrected chi connectivity index (χ4v) is 2.06. The van der Waals surface area contributed by atoms with Crippen LogP contribution in [0.3, 0.4) is 0 Å². The number of anilines is 1. The van der Waals surface area contributed by atoms with Gasteiger partial charge in [0, 0.05) is 12.6 Å². The third kappa shape index (κ3) is 3.22. The lowest BCUT2D eigenvalue weighted by atomic mass is 9.94. The van der Waals surface area contributed by atoms with Crippen LogP contribution in [0.5, 0.6) is 5.75 Å². The zero-order chi connectivity index (χ0) is 12.1. The van der Waals surface area contributed by atoms with E-state index in [9.17, 15) is 4.39 Å². The molecular formula is C14H18FNO. The van der Waals surface area contributed by atoms with Crippen LogP contribution in [0.25, 0.3) is 0 Å². The monoisotopic (exact) mass is 235 g/mol. The third-order valence-electron chi connectivity index (χ3n) is 3.13. The van der Waals surface area contributed by atoms with Gasteiger partial charge in [0.1, 0.15) is 11.6 Å². The van der Waals surface area contributed by atoms with Gasteiger partial charge in [-0.1, -0.05) is 12.2 Å². The Morgan fingerprint density at radius 2 is 2.29 bits per heavy atom. The summed E-state index contributed by atoms with van der Waals surface area (Å²) in [6.07, 6.45) is 7.81. The summed E-state index contributed by atoms with van der Waals surface area (Å²) in [5, 5.41) is 3.17. The Morgan fingerprint density at radius 1 is 1.41 bits per heavy atom. The molecule has 1 aliphatic rings. The van der Waals surface area contributed by atoms with E-state index < -0.39 is 0 Å². The minimum atomic E-state index is -0.225. The maximum Gasteiger partial charge on any atom is 0.146 e. The van der Waals surface area contributed by atoms with Crippen LogP contribution in [0.2, 0.25) is 0 Å². The molecule has 1 aromatic carbocycles. The van der Waals surface area contributed by atoms with E-state index in [0.717, 1.165) is 19.4 Å². The molecule has 0 radical (unpaired) electrons. The van der Waals surface area contributed by atoms with Crippen LogP contribution in [0, 0.1) is 11.7 Å². The Labute approximate surface area is 101 Å². The Morgan fingerprint density at radius 3 is 3.00 bits per heavy atom. The number of rotatable bonds is 4. The Balaban J connectivity index is 1.95. The van der Waals surface area contributed by atoms with Crippen LogP contribution < -0.4 is 10.1 Å². The molecule has 0 saturated carbocycles. The molecule has 1 aliphatic carbocycles. The Kier molecular flexibility index (Phi) is 4.02. The number of allylic oxidation sites excluding steroid dienone is 2. The van der Waals surface area contributed by atoms with E-state index in [1.54, 1.807) is 19.2 Å². The number of halogens is 1. The molecule has 0 spiro atoms. The number of ether oxygens (including phenoxy) is 1. The van der Waals surface area contributed by atoms with E-state index >= 15 is 0 Å². The van der Waals surface area contributed by atoms with Crippen molar-refractivity contribution in [1.82, 2.24) is 0 Å². The summed E-state index contributed by atoms with van der Waals surface area (Å²) < 4.78 is 18.6. The maximum absolute atomic E-state index is 13.5. The van der Waals surface area contributed by atoms with E-state index in [4.69, 9.17) is 4.74 Å². The Bertz CT molecular complexity index is 403. The number of nitrogens with one attached hydrogen (secondary N) is 1. The average Bonchev–Trinajstić information content (AvgIpc) is 2.39. The molecule has 0 bridgehead atoms. The van der Waals surface area contributed by atoms with Gasteiger partial charge in [0.2, 0.25) is 0 Å². The van der Waals surface area contributed by atoms with E-state index in [2.05, 4.69) is 17.5 Å². The molecule has 1 N–H and O–H groups in total. The fourth-order valence-electron chi connectivity index (χ4n) is 2.06. The SMILES string of the molecule is COc1ccc(F)c(NCC2CC=CCC2)c1. The van der Waals surface area contributed by atoms with Gasteiger partial charge in [-0.2, -0.15) is 0 Å². The van der Waals surface area contributed by atoms with Gasteiger partial charge in [-0.3, -0.25) is 0 Å². The van der Waals surface area contributed by atoms with Crippen molar-refractivity contribution in [2.24, 2.45) is 5.92 Å². The highest BCUT2D eigenvalue weighted by atomic mass is 19.1. The first kappa shape index (κ1) is 12.0. The molecule has 3 heteroatoms. The molecule has 0 aromatic heterocycles. The highest BCUT2D eigenvalue weighted by Crippen LogP contribution is 2.23. The maximum atomic E-state index is 13.5. The summed E-state index contributed by atoms with van der Waals surface area (Å²) in [7, 11) is 1.59. The van der Waals surface area contributed by atoms with E-state index in [1.165, 1.54) is 12.5 Å². The van der Waals surface area contributed by atoms with Gasteiger partial charge < -0.3 is 10.1 Å². The summed E-state index contributed by atoms with van der Waals surface area (Å²) in [6, 6.07) is 4.76. The van der Waals surface area contributed by atoms with Crippen LogP contribution in [0.4, 0.5) is 10.1 Å². The zero-order valence-electron chi connectivity index (χ0n) is 10.1. The highest BCUT2D eigenvalue weighted by Gasteiger charge is 2.11. The first-order chi connectivity index (χ1) is 8.29. The van der Waals surface area contributed by atoms with Crippen molar-refractivity contribution < 1.29 is 9.13 Å². The molecule has 2 nitrogen and oxygen atoms in total. The van der Waals surface area contributed by atoms with Gasteiger partial charge in [-0.25, -0.2) is 4.39 Å². The molecule has 2 rings (SSSR count). The largest absolute Gasteiger partial charge is 0.497 e. The second-order valence-electron chi connectivity index (χ2n) is 4.38. The van der Waals surface area contributed by atoms with E-state index in [-0.39, 0.29) is 5.82 Å². The summed E-state index contributed by atoms with van der Waals surface area (Å²) in [5.41, 5.74) is 0.527. The predicted octanol–water partition coefficient (Wildman–Crippen LogP) is 3.60. The number of hydrogen-bond acceptors (Lipinski definition) is 2. The highest BCUT2D eigenvalue weighted by molar-refractivity contribution is 5.49. The molecule has 92 valence electrons. The minimum absolute atomic E-state index is 0.225. The van der Waals surface area contributed by atoms with E-state index in [1.807, 2.05) is 0 Å². The first-order valence-electron chi connectivity index (χ1n) is 6.02. The molecule has 1 aromatic rings. The number of methoxy groups -OCH3 is 1. The van der Waals surface area contributed by atoms with Crippen molar-refractivity contribution >= 4 is 5.69 Å².